The van der Waals surface area contributed by atoms with E-state index >= 15 is 0 Å². The van der Waals surface area contributed by atoms with E-state index in [4.69, 9.17) is 5.84 Å². The van der Waals surface area contributed by atoms with Crippen molar-refractivity contribution < 1.29 is 4.79 Å². The van der Waals surface area contributed by atoms with Gasteiger partial charge in [0.1, 0.15) is 0 Å². The van der Waals surface area contributed by atoms with Crippen LogP contribution in [0.3, 0.4) is 0 Å². The zero-order valence-electron chi connectivity index (χ0n) is 11.6. The number of nitrogens with two attached hydrogens (primary N) is 1. The van der Waals surface area contributed by atoms with Gasteiger partial charge in [0.2, 0.25) is 5.91 Å². The van der Waals surface area contributed by atoms with Gasteiger partial charge in [-0.15, -0.1) is 0 Å². The third kappa shape index (κ3) is 3.78. The Hall–Kier alpha value is -1.39. The Balaban J connectivity index is 1.81. The molecule has 0 saturated carbocycles. The van der Waals surface area contributed by atoms with Gasteiger partial charge in [-0.1, -0.05) is 37.3 Å². The lowest BCUT2D eigenvalue weighted by Gasteiger charge is -2.36. The van der Waals surface area contributed by atoms with Gasteiger partial charge in [0, 0.05) is 26.1 Å². The van der Waals surface area contributed by atoms with E-state index in [9.17, 15) is 4.79 Å². The third-order valence-corrected chi connectivity index (χ3v) is 3.79. The number of hydrazine groups is 1. The highest BCUT2D eigenvalue weighted by Gasteiger charge is 2.25. The molecule has 0 atom stereocenters. The molecule has 1 amide bonds. The largest absolute Gasteiger partial charge is 0.299 e. The van der Waals surface area contributed by atoms with Crippen LogP contribution in [0.2, 0.25) is 0 Å². The van der Waals surface area contributed by atoms with Crippen LogP contribution in [0.15, 0.2) is 30.3 Å². The number of piperidine rings is 1. The second-order valence-corrected chi connectivity index (χ2v) is 5.15. The average Bonchev–Trinajstić information content (AvgIpc) is 2.47. The molecule has 0 unspecified atom stereocenters. The maximum absolute atomic E-state index is 11.6. The third-order valence-electron chi connectivity index (χ3n) is 3.79. The minimum atomic E-state index is 0.0431. The Morgan fingerprint density at radius 1 is 1.32 bits per heavy atom. The summed E-state index contributed by atoms with van der Waals surface area (Å²) in [4.78, 5) is 14.0. The number of rotatable bonds is 4. The molecule has 1 saturated heterocycles. The molecule has 2 N–H and O–H groups in total. The first-order chi connectivity index (χ1) is 9.20. The van der Waals surface area contributed by atoms with Crippen LogP contribution in [0.25, 0.3) is 0 Å². The van der Waals surface area contributed by atoms with Crippen molar-refractivity contribution in [1.29, 1.82) is 0 Å². The van der Waals surface area contributed by atoms with Crippen molar-refractivity contribution in [3.8, 4) is 0 Å². The Bertz CT molecular complexity index is 399. The summed E-state index contributed by atoms with van der Waals surface area (Å²) in [6.07, 6.45) is 2.42. The highest BCUT2D eigenvalue weighted by Crippen LogP contribution is 2.17. The Labute approximate surface area is 115 Å². The maximum atomic E-state index is 11.6. The summed E-state index contributed by atoms with van der Waals surface area (Å²) in [7, 11) is 0. The molecular weight excluding hydrogens is 238 g/mol. The number of benzene rings is 1. The van der Waals surface area contributed by atoms with E-state index in [1.807, 2.05) is 13.0 Å². The minimum absolute atomic E-state index is 0.0431. The van der Waals surface area contributed by atoms with Crippen LogP contribution in [0.1, 0.15) is 31.7 Å². The van der Waals surface area contributed by atoms with E-state index in [2.05, 4.69) is 29.2 Å². The molecule has 19 heavy (non-hydrogen) atoms. The van der Waals surface area contributed by atoms with Crippen molar-refractivity contribution in [2.75, 3.05) is 13.1 Å². The SMILES string of the molecule is CCC(=O)N(N)C1CCN(Cc2ccccc2)CC1. The molecule has 0 spiro atoms. The highest BCUT2D eigenvalue weighted by molar-refractivity contribution is 5.75. The van der Waals surface area contributed by atoms with Crippen LogP contribution >= 0.6 is 0 Å². The van der Waals surface area contributed by atoms with Gasteiger partial charge >= 0.3 is 0 Å². The molecule has 0 aliphatic carbocycles. The number of carbonyl (C=O) groups is 1. The molecule has 1 aromatic rings. The predicted octanol–water partition coefficient (Wildman–Crippen LogP) is 1.76. The molecule has 104 valence electrons. The first-order valence-corrected chi connectivity index (χ1v) is 7.03. The molecule has 1 heterocycles. The van der Waals surface area contributed by atoms with Gasteiger partial charge in [-0.25, -0.2) is 5.84 Å². The van der Waals surface area contributed by atoms with E-state index in [1.54, 1.807) is 0 Å². The summed E-state index contributed by atoms with van der Waals surface area (Å²) < 4.78 is 0. The van der Waals surface area contributed by atoms with E-state index < -0.39 is 0 Å². The first-order valence-electron chi connectivity index (χ1n) is 7.03. The summed E-state index contributed by atoms with van der Waals surface area (Å²) in [6.45, 7) is 4.85. The molecule has 4 heteroatoms. The molecule has 0 aromatic heterocycles. The van der Waals surface area contributed by atoms with Crippen LogP contribution in [-0.2, 0) is 11.3 Å². The summed E-state index contributed by atoms with van der Waals surface area (Å²) in [6, 6.07) is 10.7. The van der Waals surface area contributed by atoms with Crippen molar-refractivity contribution >= 4 is 5.91 Å². The zero-order chi connectivity index (χ0) is 13.7. The monoisotopic (exact) mass is 261 g/mol. The van der Waals surface area contributed by atoms with Gasteiger partial charge in [0.25, 0.3) is 0 Å². The van der Waals surface area contributed by atoms with Gasteiger partial charge in [-0.2, -0.15) is 0 Å². The fourth-order valence-corrected chi connectivity index (χ4v) is 2.58. The Morgan fingerprint density at radius 3 is 2.53 bits per heavy atom. The van der Waals surface area contributed by atoms with Crippen LogP contribution < -0.4 is 5.84 Å². The quantitative estimate of drug-likeness (QED) is 0.510. The van der Waals surface area contributed by atoms with Crippen molar-refractivity contribution in [1.82, 2.24) is 9.91 Å². The lowest BCUT2D eigenvalue weighted by Crippen LogP contribution is -2.50. The van der Waals surface area contributed by atoms with Gasteiger partial charge in [0.15, 0.2) is 0 Å². The number of likely N-dealkylation sites (tertiary alicyclic amines) is 1. The summed E-state index contributed by atoms with van der Waals surface area (Å²) >= 11 is 0. The van der Waals surface area contributed by atoms with E-state index in [-0.39, 0.29) is 11.9 Å². The lowest BCUT2D eigenvalue weighted by molar-refractivity contribution is -0.134. The van der Waals surface area contributed by atoms with E-state index in [1.165, 1.54) is 10.6 Å². The minimum Gasteiger partial charge on any atom is -0.299 e. The molecule has 0 radical (unpaired) electrons. The van der Waals surface area contributed by atoms with Crippen LogP contribution in [0, 0.1) is 0 Å². The van der Waals surface area contributed by atoms with Crippen LogP contribution in [0.5, 0.6) is 0 Å². The number of nitrogens with zero attached hydrogens (tertiary/aromatic N) is 2. The molecule has 4 nitrogen and oxygen atoms in total. The predicted molar refractivity (Wildman–Crippen MR) is 76.1 cm³/mol. The highest BCUT2D eigenvalue weighted by atomic mass is 16.2. The van der Waals surface area contributed by atoms with Crippen LogP contribution in [-0.4, -0.2) is 34.9 Å². The molecule has 1 aliphatic heterocycles. The fourth-order valence-electron chi connectivity index (χ4n) is 2.58. The number of hydrogen-bond acceptors (Lipinski definition) is 3. The maximum Gasteiger partial charge on any atom is 0.236 e. The average molecular weight is 261 g/mol. The number of carbonyl (C=O) groups excluding carboxylic acids is 1. The second-order valence-electron chi connectivity index (χ2n) is 5.15. The van der Waals surface area contributed by atoms with E-state index in [0.29, 0.717) is 6.42 Å². The van der Waals surface area contributed by atoms with Gasteiger partial charge in [-0.05, 0) is 18.4 Å². The molecule has 2 rings (SSSR count). The first kappa shape index (κ1) is 14.0. The number of amides is 1. The van der Waals surface area contributed by atoms with E-state index in [0.717, 1.165) is 32.5 Å². The molecule has 1 aromatic carbocycles. The van der Waals surface area contributed by atoms with Crippen LogP contribution in [0.4, 0.5) is 0 Å². The van der Waals surface area contributed by atoms with Gasteiger partial charge < -0.3 is 0 Å². The van der Waals surface area contributed by atoms with Crippen molar-refractivity contribution in [2.45, 2.75) is 38.8 Å². The van der Waals surface area contributed by atoms with Crippen molar-refractivity contribution in [3.05, 3.63) is 35.9 Å². The summed E-state index contributed by atoms with van der Waals surface area (Å²) in [5.74, 6) is 5.91. The van der Waals surface area contributed by atoms with Gasteiger partial charge in [-0.3, -0.25) is 14.7 Å². The zero-order valence-corrected chi connectivity index (χ0v) is 11.6. The normalized spacial score (nSPS) is 17.4. The lowest BCUT2D eigenvalue weighted by atomic mass is 10.0. The van der Waals surface area contributed by atoms with Crippen molar-refractivity contribution in [3.63, 3.8) is 0 Å². The fraction of sp³-hybridized carbons (Fsp3) is 0.533. The molecule has 0 bridgehead atoms. The smallest absolute Gasteiger partial charge is 0.236 e. The Kier molecular flexibility index (Phi) is 4.93. The summed E-state index contributed by atoms with van der Waals surface area (Å²) in [5, 5.41) is 1.44. The number of hydrogen-bond donors (Lipinski definition) is 1. The standard InChI is InChI=1S/C15H23N3O/c1-2-15(19)18(16)14-8-10-17(11-9-14)12-13-6-4-3-5-7-13/h3-7,14H,2,8-12,16H2,1H3. The molecule has 1 fully saturated rings. The second kappa shape index (κ2) is 6.68. The molecule has 1 aliphatic rings. The molecular formula is C15H23N3O. The summed E-state index contributed by atoms with van der Waals surface area (Å²) in [5.41, 5.74) is 1.34. The topological polar surface area (TPSA) is 49.6 Å². The van der Waals surface area contributed by atoms with Crippen molar-refractivity contribution in [2.24, 2.45) is 5.84 Å². The van der Waals surface area contributed by atoms with Gasteiger partial charge in [0.05, 0.1) is 6.04 Å². The Morgan fingerprint density at radius 2 is 1.95 bits per heavy atom.